The molecule has 18 heavy (non-hydrogen) atoms. The Balaban J connectivity index is 2.03. The second-order valence-electron chi connectivity index (χ2n) is 4.83. The number of hydrogen-bond donors (Lipinski definition) is 0. The first-order valence-corrected chi connectivity index (χ1v) is 6.55. The average molecular weight is 251 g/mol. The van der Waals surface area contributed by atoms with Gasteiger partial charge in [-0.2, -0.15) is 0 Å². The van der Waals surface area contributed by atoms with Crippen molar-refractivity contribution in [1.82, 2.24) is 4.90 Å². The van der Waals surface area contributed by atoms with Crippen LogP contribution in [-0.4, -0.2) is 37.7 Å². The number of carbonyl (C=O) groups is 1. The molecule has 0 fully saturated rings. The topological polar surface area (TPSA) is 38.8 Å². The highest BCUT2D eigenvalue weighted by atomic mass is 16.5. The van der Waals surface area contributed by atoms with E-state index in [0.29, 0.717) is 0 Å². The molecule has 0 saturated carbocycles. The fraction of sp³-hybridized carbons (Fsp3) is 0.643. The van der Waals surface area contributed by atoms with Crippen LogP contribution in [0, 0.1) is 0 Å². The van der Waals surface area contributed by atoms with Gasteiger partial charge < -0.3 is 14.4 Å². The number of allylic oxidation sites excluding steroid dienone is 3. The molecular weight excluding hydrogens is 230 g/mol. The third kappa shape index (κ3) is 2.93. The van der Waals surface area contributed by atoms with Crippen molar-refractivity contribution in [3.05, 3.63) is 23.1 Å². The minimum absolute atomic E-state index is 0.0668. The SMILES string of the molecule is COCCCCN1C(=O)COC2=C1C=C(C)CC2. The lowest BCUT2D eigenvalue weighted by atomic mass is 10.0. The Morgan fingerprint density at radius 1 is 1.39 bits per heavy atom. The summed E-state index contributed by atoms with van der Waals surface area (Å²) in [5, 5.41) is 0. The minimum atomic E-state index is 0.0668. The van der Waals surface area contributed by atoms with E-state index in [2.05, 4.69) is 13.0 Å². The molecule has 2 rings (SSSR count). The van der Waals surface area contributed by atoms with E-state index in [1.54, 1.807) is 7.11 Å². The lowest BCUT2D eigenvalue weighted by Crippen LogP contribution is -2.39. The zero-order valence-corrected chi connectivity index (χ0v) is 11.2. The molecule has 0 unspecified atom stereocenters. The predicted octanol–water partition coefficient (Wildman–Crippen LogP) is 2.22. The van der Waals surface area contributed by atoms with Gasteiger partial charge in [0.2, 0.25) is 0 Å². The smallest absolute Gasteiger partial charge is 0.264 e. The Morgan fingerprint density at radius 3 is 3.00 bits per heavy atom. The van der Waals surface area contributed by atoms with Gasteiger partial charge in [-0.05, 0) is 32.3 Å². The molecule has 0 spiro atoms. The van der Waals surface area contributed by atoms with E-state index in [-0.39, 0.29) is 12.5 Å². The van der Waals surface area contributed by atoms with E-state index in [0.717, 1.165) is 50.3 Å². The van der Waals surface area contributed by atoms with Gasteiger partial charge in [-0.15, -0.1) is 0 Å². The van der Waals surface area contributed by atoms with Crippen LogP contribution < -0.4 is 0 Å². The van der Waals surface area contributed by atoms with Crippen molar-refractivity contribution < 1.29 is 14.3 Å². The largest absolute Gasteiger partial charge is 0.486 e. The van der Waals surface area contributed by atoms with E-state index in [4.69, 9.17) is 9.47 Å². The summed E-state index contributed by atoms with van der Waals surface area (Å²) >= 11 is 0. The first-order valence-electron chi connectivity index (χ1n) is 6.55. The van der Waals surface area contributed by atoms with Gasteiger partial charge in [-0.1, -0.05) is 5.57 Å². The summed E-state index contributed by atoms with van der Waals surface area (Å²) in [6.07, 6.45) is 5.98. The van der Waals surface area contributed by atoms with Crippen molar-refractivity contribution in [2.24, 2.45) is 0 Å². The van der Waals surface area contributed by atoms with E-state index in [1.807, 2.05) is 4.90 Å². The highest BCUT2D eigenvalue weighted by Gasteiger charge is 2.28. The van der Waals surface area contributed by atoms with E-state index >= 15 is 0 Å². The lowest BCUT2D eigenvalue weighted by molar-refractivity contribution is -0.135. The second kappa shape index (κ2) is 6.05. The number of methoxy groups -OCH3 is 1. The zero-order chi connectivity index (χ0) is 13.0. The molecule has 0 atom stereocenters. The second-order valence-corrected chi connectivity index (χ2v) is 4.83. The van der Waals surface area contributed by atoms with Gasteiger partial charge in [0, 0.05) is 26.7 Å². The van der Waals surface area contributed by atoms with Crippen LogP contribution in [0.1, 0.15) is 32.6 Å². The maximum Gasteiger partial charge on any atom is 0.264 e. The molecule has 1 heterocycles. The van der Waals surface area contributed by atoms with Crippen molar-refractivity contribution in [2.45, 2.75) is 32.6 Å². The molecule has 100 valence electrons. The van der Waals surface area contributed by atoms with Crippen LogP contribution in [0.2, 0.25) is 0 Å². The van der Waals surface area contributed by atoms with Gasteiger partial charge in [-0.25, -0.2) is 0 Å². The normalized spacial score (nSPS) is 19.6. The number of amides is 1. The summed E-state index contributed by atoms with van der Waals surface area (Å²) in [6.45, 7) is 3.80. The molecule has 0 N–H and O–H groups in total. The summed E-state index contributed by atoms with van der Waals surface area (Å²) in [6, 6.07) is 0. The Labute approximate surface area is 108 Å². The first-order chi connectivity index (χ1) is 8.72. The molecule has 0 radical (unpaired) electrons. The van der Waals surface area contributed by atoms with Crippen LogP contribution in [0.15, 0.2) is 23.1 Å². The van der Waals surface area contributed by atoms with Crippen molar-refractivity contribution in [3.8, 4) is 0 Å². The Hall–Kier alpha value is -1.29. The average Bonchev–Trinajstić information content (AvgIpc) is 2.36. The highest BCUT2D eigenvalue weighted by molar-refractivity contribution is 5.81. The quantitative estimate of drug-likeness (QED) is 0.703. The molecule has 1 amide bonds. The van der Waals surface area contributed by atoms with Gasteiger partial charge in [0.1, 0.15) is 5.76 Å². The molecule has 0 saturated heterocycles. The van der Waals surface area contributed by atoms with Crippen molar-refractivity contribution in [3.63, 3.8) is 0 Å². The van der Waals surface area contributed by atoms with E-state index < -0.39 is 0 Å². The van der Waals surface area contributed by atoms with Crippen LogP contribution in [-0.2, 0) is 14.3 Å². The maximum atomic E-state index is 11.9. The van der Waals surface area contributed by atoms with Crippen LogP contribution in [0.25, 0.3) is 0 Å². The summed E-state index contributed by atoms with van der Waals surface area (Å²) in [7, 11) is 1.70. The maximum absolute atomic E-state index is 11.9. The monoisotopic (exact) mass is 251 g/mol. The van der Waals surface area contributed by atoms with Crippen molar-refractivity contribution in [2.75, 3.05) is 26.9 Å². The molecule has 1 aliphatic carbocycles. The van der Waals surface area contributed by atoms with Crippen molar-refractivity contribution in [1.29, 1.82) is 0 Å². The number of hydrogen-bond acceptors (Lipinski definition) is 3. The number of unbranched alkanes of at least 4 members (excludes halogenated alkanes) is 1. The summed E-state index contributed by atoms with van der Waals surface area (Å²) in [5.41, 5.74) is 2.29. The van der Waals surface area contributed by atoms with E-state index in [9.17, 15) is 4.79 Å². The third-order valence-corrected chi connectivity index (χ3v) is 3.36. The molecule has 0 aromatic rings. The number of nitrogens with zero attached hydrogens (tertiary/aromatic N) is 1. The third-order valence-electron chi connectivity index (χ3n) is 3.36. The summed E-state index contributed by atoms with van der Waals surface area (Å²) < 4.78 is 10.5. The highest BCUT2D eigenvalue weighted by Crippen LogP contribution is 2.30. The minimum Gasteiger partial charge on any atom is -0.486 e. The molecule has 2 aliphatic rings. The fourth-order valence-corrected chi connectivity index (χ4v) is 2.32. The van der Waals surface area contributed by atoms with Crippen LogP contribution in [0.3, 0.4) is 0 Å². The van der Waals surface area contributed by atoms with Crippen LogP contribution in [0.5, 0.6) is 0 Å². The fourth-order valence-electron chi connectivity index (χ4n) is 2.32. The van der Waals surface area contributed by atoms with Crippen LogP contribution in [0.4, 0.5) is 0 Å². The molecule has 0 bridgehead atoms. The van der Waals surface area contributed by atoms with E-state index in [1.165, 1.54) is 5.57 Å². The molecule has 4 heteroatoms. The summed E-state index contributed by atoms with van der Waals surface area (Å²) in [5.74, 6) is 1.05. The van der Waals surface area contributed by atoms with Crippen molar-refractivity contribution >= 4 is 5.91 Å². The van der Waals surface area contributed by atoms with Gasteiger partial charge in [0.05, 0.1) is 5.70 Å². The summed E-state index contributed by atoms with van der Waals surface area (Å²) in [4.78, 5) is 13.8. The number of carbonyl (C=O) groups excluding carboxylic acids is 1. The van der Waals surface area contributed by atoms with Gasteiger partial charge in [0.15, 0.2) is 6.61 Å². The Bertz CT molecular complexity index is 385. The molecule has 4 nitrogen and oxygen atoms in total. The number of ether oxygens (including phenoxy) is 2. The zero-order valence-electron chi connectivity index (χ0n) is 11.2. The Kier molecular flexibility index (Phi) is 4.42. The molecule has 0 aromatic carbocycles. The predicted molar refractivity (Wildman–Crippen MR) is 68.8 cm³/mol. The molecular formula is C14H21NO3. The molecule has 1 aliphatic heterocycles. The van der Waals surface area contributed by atoms with Crippen LogP contribution >= 0.6 is 0 Å². The van der Waals surface area contributed by atoms with Gasteiger partial charge in [-0.3, -0.25) is 4.79 Å². The number of rotatable bonds is 5. The standard InChI is InChI=1S/C14H21NO3/c1-11-5-6-13-12(9-11)15(14(16)10-18-13)7-3-4-8-17-2/h9H,3-8,10H2,1-2H3. The lowest BCUT2D eigenvalue weighted by Gasteiger charge is -2.33. The first kappa shape index (κ1) is 13.1. The molecule has 0 aromatic heterocycles. The Morgan fingerprint density at radius 2 is 2.22 bits per heavy atom. The van der Waals surface area contributed by atoms with Gasteiger partial charge >= 0.3 is 0 Å². The van der Waals surface area contributed by atoms with Gasteiger partial charge in [0.25, 0.3) is 5.91 Å².